The van der Waals surface area contributed by atoms with Gasteiger partial charge in [0.05, 0.1) is 5.57 Å². The Morgan fingerprint density at radius 3 is 2.41 bits per heavy atom. The van der Waals surface area contributed by atoms with Crippen molar-refractivity contribution in [2.24, 2.45) is 0 Å². The Kier molecular flexibility index (Phi) is 5.41. The predicted molar refractivity (Wildman–Crippen MR) is 131 cm³/mol. The fraction of sp³-hybridized carbons (Fsp3) is 0.111. The Bertz CT molecular complexity index is 1520. The van der Waals surface area contributed by atoms with Crippen LogP contribution in [0.25, 0.3) is 38.3 Å². The van der Waals surface area contributed by atoms with Crippen LogP contribution in [0.5, 0.6) is 0 Å². The number of hydrogen-bond acceptors (Lipinski definition) is 4. The summed E-state index contributed by atoms with van der Waals surface area (Å²) in [5.74, 6) is -1.02. The monoisotopic (exact) mass is 425 g/mol. The predicted octanol–water partition coefficient (Wildman–Crippen LogP) is 5.77. The average molecular weight is 425 g/mol. The molecule has 160 valence electrons. The van der Waals surface area contributed by atoms with Gasteiger partial charge in [-0.3, -0.25) is 4.79 Å². The Morgan fingerprint density at radius 2 is 1.75 bits per heavy atom. The van der Waals surface area contributed by atoms with Crippen LogP contribution in [0.1, 0.15) is 12.5 Å². The smallest absolute Gasteiger partial charge is 0.335 e. The third kappa shape index (κ3) is 3.48. The zero-order chi connectivity index (χ0) is 23.0. The van der Waals surface area contributed by atoms with Crippen LogP contribution in [0.4, 0.5) is 5.69 Å². The fourth-order valence-corrected chi connectivity index (χ4v) is 4.03. The minimum absolute atomic E-state index is 0.0814. The lowest BCUT2D eigenvalue weighted by molar-refractivity contribution is -0.132. The minimum atomic E-state index is -1.02. The first kappa shape index (κ1) is 21.1. The second-order valence-electron chi connectivity index (χ2n) is 7.70. The zero-order valence-electron chi connectivity index (χ0n) is 18.2. The van der Waals surface area contributed by atoms with Gasteiger partial charge in [-0.2, -0.15) is 0 Å². The number of nitrogens with zero attached hydrogens (tertiary/aromatic N) is 1. The van der Waals surface area contributed by atoms with Gasteiger partial charge in [0.15, 0.2) is 5.43 Å². The van der Waals surface area contributed by atoms with E-state index in [4.69, 9.17) is 4.42 Å². The molecule has 1 aromatic heterocycles. The maximum absolute atomic E-state index is 12.1. The van der Waals surface area contributed by atoms with Crippen LogP contribution in [0, 0.1) is 0 Å². The second kappa shape index (κ2) is 8.19. The standard InChI is InChI=1S/C27H23NO4/c1-5-7-21(19(6-2)27(30)31)25-22-12-9-17(28(3)4)15-24(22)32-26-20-13-10-18(29)14-16(20)8-11-23(25)26/h5-15H,1H2,2-4H3,(H,30,31)/b19-6+,21-7+. The van der Waals surface area contributed by atoms with Crippen molar-refractivity contribution in [3.05, 3.63) is 94.7 Å². The molecule has 0 aliphatic carbocycles. The summed E-state index contributed by atoms with van der Waals surface area (Å²) in [6, 6.07) is 14.4. The van der Waals surface area contributed by atoms with Gasteiger partial charge in [-0.25, -0.2) is 4.79 Å². The molecule has 0 amide bonds. The van der Waals surface area contributed by atoms with E-state index in [2.05, 4.69) is 6.58 Å². The number of benzene rings is 3. The van der Waals surface area contributed by atoms with Crippen molar-refractivity contribution in [1.29, 1.82) is 0 Å². The number of fused-ring (bicyclic) bond motifs is 4. The molecule has 0 saturated carbocycles. The number of carboxylic acids is 1. The van der Waals surface area contributed by atoms with Crippen LogP contribution >= 0.6 is 0 Å². The number of hydrogen-bond donors (Lipinski definition) is 1. The number of rotatable bonds is 5. The summed E-state index contributed by atoms with van der Waals surface area (Å²) in [5, 5.41) is 13.0. The minimum Gasteiger partial charge on any atom is -0.478 e. The van der Waals surface area contributed by atoms with Crippen molar-refractivity contribution < 1.29 is 14.3 Å². The first-order chi connectivity index (χ1) is 15.3. The molecule has 1 N–H and O–H groups in total. The third-order valence-corrected chi connectivity index (χ3v) is 5.54. The van der Waals surface area contributed by atoms with Gasteiger partial charge < -0.3 is 14.4 Å². The quantitative estimate of drug-likeness (QED) is 0.190. The maximum atomic E-state index is 12.1. The molecule has 0 saturated heterocycles. The van der Waals surface area contributed by atoms with Gasteiger partial charge in [0.25, 0.3) is 0 Å². The van der Waals surface area contributed by atoms with Crippen molar-refractivity contribution in [2.45, 2.75) is 6.92 Å². The van der Waals surface area contributed by atoms with E-state index < -0.39 is 5.97 Å². The SMILES string of the molecule is C=C/C=C(\C(=C/C)C(=O)O)c1c2ccc(N(C)C)cc2oc2c1ccc1cc(=O)ccc12. The molecule has 32 heavy (non-hydrogen) atoms. The van der Waals surface area contributed by atoms with E-state index in [0.717, 1.165) is 32.8 Å². The Labute approximate surface area is 185 Å². The molecular formula is C27H23NO4. The summed E-state index contributed by atoms with van der Waals surface area (Å²) in [7, 11) is 3.89. The number of carbonyl (C=O) groups is 1. The van der Waals surface area contributed by atoms with E-state index in [1.54, 1.807) is 37.3 Å². The van der Waals surface area contributed by atoms with Crippen molar-refractivity contribution in [3.63, 3.8) is 0 Å². The molecule has 0 spiro atoms. The summed E-state index contributed by atoms with van der Waals surface area (Å²) in [5.41, 5.74) is 3.54. The maximum Gasteiger partial charge on any atom is 0.335 e. The van der Waals surface area contributed by atoms with Crippen molar-refractivity contribution >= 4 is 49.9 Å². The molecule has 0 bridgehead atoms. The highest BCUT2D eigenvalue weighted by atomic mass is 16.4. The zero-order valence-corrected chi connectivity index (χ0v) is 18.2. The third-order valence-electron chi connectivity index (χ3n) is 5.54. The molecule has 5 nitrogen and oxygen atoms in total. The summed E-state index contributed by atoms with van der Waals surface area (Å²) in [6.45, 7) is 5.50. The molecular weight excluding hydrogens is 402 g/mol. The van der Waals surface area contributed by atoms with E-state index >= 15 is 0 Å². The summed E-state index contributed by atoms with van der Waals surface area (Å²) in [4.78, 5) is 25.9. The average Bonchev–Trinajstić information content (AvgIpc) is 2.76. The molecule has 0 aliphatic heterocycles. The Hall–Kier alpha value is -4.12. The Morgan fingerprint density at radius 1 is 1.03 bits per heavy atom. The van der Waals surface area contributed by atoms with E-state index in [1.807, 2.05) is 49.3 Å². The lowest BCUT2D eigenvalue weighted by atomic mass is 9.90. The van der Waals surface area contributed by atoms with E-state index in [-0.39, 0.29) is 11.0 Å². The Balaban J connectivity index is 2.25. The van der Waals surface area contributed by atoms with E-state index in [9.17, 15) is 14.7 Å². The number of carboxylic acid groups (broad SMARTS) is 1. The van der Waals surface area contributed by atoms with Crippen LogP contribution in [-0.2, 0) is 4.79 Å². The van der Waals surface area contributed by atoms with Crippen LogP contribution in [0.15, 0.2) is 88.1 Å². The highest BCUT2D eigenvalue weighted by Crippen LogP contribution is 2.40. The van der Waals surface area contributed by atoms with Crippen molar-refractivity contribution in [1.82, 2.24) is 0 Å². The molecule has 5 heteroatoms. The van der Waals surface area contributed by atoms with Gasteiger partial charge in [-0.1, -0.05) is 30.9 Å². The van der Waals surface area contributed by atoms with Gasteiger partial charge in [0.2, 0.25) is 0 Å². The summed E-state index contributed by atoms with van der Waals surface area (Å²) in [6.07, 6.45) is 4.88. The van der Waals surface area contributed by atoms with Crippen molar-refractivity contribution in [3.8, 4) is 0 Å². The van der Waals surface area contributed by atoms with Gasteiger partial charge in [0.1, 0.15) is 11.2 Å². The summed E-state index contributed by atoms with van der Waals surface area (Å²) >= 11 is 0. The fourth-order valence-electron chi connectivity index (χ4n) is 4.03. The lowest BCUT2D eigenvalue weighted by Crippen LogP contribution is -2.08. The normalized spacial score (nSPS) is 12.5. The van der Waals surface area contributed by atoms with Gasteiger partial charge in [-0.15, -0.1) is 0 Å². The number of allylic oxidation sites excluding steroid dienone is 3. The lowest BCUT2D eigenvalue weighted by Gasteiger charge is -2.18. The van der Waals surface area contributed by atoms with Gasteiger partial charge >= 0.3 is 5.97 Å². The topological polar surface area (TPSA) is 70.8 Å². The van der Waals surface area contributed by atoms with E-state index in [1.165, 1.54) is 6.07 Å². The van der Waals surface area contributed by atoms with Gasteiger partial charge in [0, 0.05) is 47.6 Å². The van der Waals surface area contributed by atoms with Crippen LogP contribution in [-0.4, -0.2) is 25.2 Å². The van der Waals surface area contributed by atoms with Crippen molar-refractivity contribution in [2.75, 3.05) is 19.0 Å². The van der Waals surface area contributed by atoms with Gasteiger partial charge in [-0.05, 0) is 54.3 Å². The molecule has 1 heterocycles. The molecule has 0 atom stereocenters. The first-order valence-corrected chi connectivity index (χ1v) is 10.2. The molecule has 3 aromatic carbocycles. The molecule has 4 rings (SSSR count). The molecule has 0 unspecified atom stereocenters. The molecule has 0 aliphatic rings. The van der Waals surface area contributed by atoms with Crippen LogP contribution in [0.3, 0.4) is 0 Å². The number of aliphatic carboxylic acids is 1. The van der Waals surface area contributed by atoms with E-state index in [0.29, 0.717) is 16.7 Å². The van der Waals surface area contributed by atoms with Crippen LogP contribution < -0.4 is 10.3 Å². The first-order valence-electron chi connectivity index (χ1n) is 10.2. The second-order valence-corrected chi connectivity index (χ2v) is 7.70. The summed E-state index contributed by atoms with van der Waals surface area (Å²) < 4.78 is 6.38. The highest BCUT2D eigenvalue weighted by Gasteiger charge is 2.21. The number of anilines is 1. The molecule has 0 radical (unpaired) electrons. The largest absolute Gasteiger partial charge is 0.478 e. The highest BCUT2D eigenvalue weighted by molar-refractivity contribution is 6.18. The molecule has 0 fully saturated rings. The molecule has 4 aromatic rings. The van der Waals surface area contributed by atoms with Crippen LogP contribution in [0.2, 0.25) is 0 Å².